The first-order chi connectivity index (χ1) is 11.6. The van der Waals surface area contributed by atoms with Gasteiger partial charge in [0.15, 0.2) is 5.96 Å². The summed E-state index contributed by atoms with van der Waals surface area (Å²) in [6.45, 7) is 6.42. The molecule has 0 aliphatic carbocycles. The smallest absolute Gasteiger partial charge is 0.191 e. The Labute approximate surface area is 171 Å². The number of rotatable bonds is 8. The van der Waals surface area contributed by atoms with Gasteiger partial charge in [0.05, 0.1) is 23.9 Å². The maximum Gasteiger partial charge on any atom is 0.191 e. The van der Waals surface area contributed by atoms with Crippen molar-refractivity contribution in [3.63, 3.8) is 0 Å². The predicted octanol–water partition coefficient (Wildman–Crippen LogP) is 3.06. The number of nitrogens with zero attached hydrogens (tertiary/aromatic N) is 3. The van der Waals surface area contributed by atoms with Crippen LogP contribution in [0.3, 0.4) is 0 Å². The van der Waals surface area contributed by atoms with E-state index in [0.717, 1.165) is 36.2 Å². The van der Waals surface area contributed by atoms with E-state index < -0.39 is 0 Å². The molecule has 0 spiro atoms. The summed E-state index contributed by atoms with van der Waals surface area (Å²) in [4.78, 5) is 12.5. The molecule has 0 aliphatic heterocycles. The summed E-state index contributed by atoms with van der Waals surface area (Å²) in [7, 11) is 4.07. The van der Waals surface area contributed by atoms with Crippen molar-refractivity contribution in [3.8, 4) is 0 Å². The van der Waals surface area contributed by atoms with Crippen molar-refractivity contribution >= 4 is 41.3 Å². The molecular formula is C17H28IN5OS. The van der Waals surface area contributed by atoms with Crippen LogP contribution in [0.4, 0.5) is 0 Å². The van der Waals surface area contributed by atoms with Gasteiger partial charge in [-0.25, -0.2) is 4.98 Å². The molecule has 2 aromatic rings. The van der Waals surface area contributed by atoms with E-state index in [1.54, 1.807) is 17.6 Å². The van der Waals surface area contributed by atoms with Gasteiger partial charge in [-0.15, -0.1) is 35.3 Å². The van der Waals surface area contributed by atoms with Crippen LogP contribution in [0.1, 0.15) is 28.6 Å². The van der Waals surface area contributed by atoms with E-state index in [9.17, 15) is 0 Å². The van der Waals surface area contributed by atoms with Crippen LogP contribution in [0.15, 0.2) is 34.0 Å². The van der Waals surface area contributed by atoms with Crippen molar-refractivity contribution in [2.24, 2.45) is 4.99 Å². The van der Waals surface area contributed by atoms with Gasteiger partial charge in [0.1, 0.15) is 5.76 Å². The van der Waals surface area contributed by atoms with Gasteiger partial charge in [-0.1, -0.05) is 0 Å². The maximum absolute atomic E-state index is 5.53. The number of halogens is 1. The van der Waals surface area contributed by atoms with Crippen LogP contribution in [0.5, 0.6) is 0 Å². The van der Waals surface area contributed by atoms with Gasteiger partial charge in [0, 0.05) is 30.6 Å². The van der Waals surface area contributed by atoms with Crippen molar-refractivity contribution < 1.29 is 4.42 Å². The fourth-order valence-electron chi connectivity index (χ4n) is 2.31. The van der Waals surface area contributed by atoms with Crippen LogP contribution >= 0.6 is 35.3 Å². The minimum Gasteiger partial charge on any atom is -0.468 e. The topological polar surface area (TPSA) is 65.7 Å². The Bertz CT molecular complexity index is 627. The lowest BCUT2D eigenvalue weighted by Crippen LogP contribution is -2.39. The Morgan fingerprint density at radius 1 is 1.40 bits per heavy atom. The molecule has 2 aromatic heterocycles. The quantitative estimate of drug-likeness (QED) is 0.348. The molecule has 2 N–H and O–H groups in total. The van der Waals surface area contributed by atoms with Gasteiger partial charge in [-0.2, -0.15) is 0 Å². The van der Waals surface area contributed by atoms with Gasteiger partial charge < -0.3 is 15.1 Å². The second-order valence-corrected chi connectivity index (χ2v) is 7.08. The fraction of sp³-hybridized carbons (Fsp3) is 0.529. The Kier molecular flexibility index (Phi) is 10.1. The summed E-state index contributed by atoms with van der Waals surface area (Å²) in [5.74, 6) is 1.75. The highest BCUT2D eigenvalue weighted by molar-refractivity contribution is 14.0. The fourth-order valence-corrected chi connectivity index (χ4v) is 3.10. The molecule has 0 radical (unpaired) electrons. The van der Waals surface area contributed by atoms with E-state index in [4.69, 9.17) is 9.41 Å². The molecule has 1 atom stereocenters. The third kappa shape index (κ3) is 7.33. The molecule has 0 aliphatic rings. The molecule has 25 heavy (non-hydrogen) atoms. The molecule has 6 nitrogen and oxygen atoms in total. The van der Waals surface area contributed by atoms with Crippen molar-refractivity contribution in [1.29, 1.82) is 0 Å². The number of guanidine groups is 1. The number of aliphatic imine (C=N–C) groups is 1. The lowest BCUT2D eigenvalue weighted by molar-refractivity contribution is 0.265. The predicted molar refractivity (Wildman–Crippen MR) is 115 cm³/mol. The summed E-state index contributed by atoms with van der Waals surface area (Å²) in [6.07, 6.45) is 4.53. The number of likely N-dealkylation sites (N-methyl/N-ethyl adjacent to an activating group) is 1. The summed E-state index contributed by atoms with van der Waals surface area (Å²) in [5.41, 5.74) is 0. The molecular weight excluding hydrogens is 449 g/mol. The monoisotopic (exact) mass is 477 g/mol. The SMILES string of the molecule is CCNC(=NCC(c1ccco1)N(C)C)NCCc1ncc(C)s1.I. The molecule has 0 fully saturated rings. The Morgan fingerprint density at radius 2 is 2.20 bits per heavy atom. The first-order valence-electron chi connectivity index (χ1n) is 8.23. The zero-order valence-corrected chi connectivity index (χ0v) is 18.4. The number of furan rings is 1. The lowest BCUT2D eigenvalue weighted by Gasteiger charge is -2.21. The van der Waals surface area contributed by atoms with E-state index in [0.29, 0.717) is 6.54 Å². The minimum absolute atomic E-state index is 0. The second-order valence-electron chi connectivity index (χ2n) is 5.76. The largest absolute Gasteiger partial charge is 0.468 e. The second kappa shape index (κ2) is 11.5. The summed E-state index contributed by atoms with van der Waals surface area (Å²) in [5, 5.41) is 7.81. The Morgan fingerprint density at radius 3 is 2.76 bits per heavy atom. The average molecular weight is 477 g/mol. The number of aryl methyl sites for hydroxylation is 1. The molecule has 0 aromatic carbocycles. The molecule has 0 bridgehead atoms. The molecule has 8 heteroatoms. The standard InChI is InChI=1S/C17H27N5OS.HI/c1-5-18-17(19-9-8-16-20-11-13(2)24-16)21-12-14(22(3)4)15-7-6-10-23-15;/h6-7,10-11,14H,5,8-9,12H2,1-4H3,(H2,18,19,21);1H. The van der Waals surface area contributed by atoms with E-state index >= 15 is 0 Å². The zero-order valence-electron chi connectivity index (χ0n) is 15.3. The van der Waals surface area contributed by atoms with Crippen molar-refractivity contribution in [2.75, 3.05) is 33.7 Å². The van der Waals surface area contributed by atoms with Crippen molar-refractivity contribution in [2.45, 2.75) is 26.3 Å². The molecule has 2 rings (SSSR count). The molecule has 1 unspecified atom stereocenters. The highest BCUT2D eigenvalue weighted by atomic mass is 127. The molecule has 2 heterocycles. The normalized spacial score (nSPS) is 12.8. The Hall–Kier alpha value is -1.13. The summed E-state index contributed by atoms with van der Waals surface area (Å²) >= 11 is 1.74. The summed E-state index contributed by atoms with van der Waals surface area (Å²) in [6, 6.07) is 4.03. The van der Waals surface area contributed by atoms with E-state index in [1.807, 2.05) is 32.4 Å². The number of nitrogens with one attached hydrogen (secondary N) is 2. The van der Waals surface area contributed by atoms with Gasteiger partial charge in [0.25, 0.3) is 0 Å². The maximum atomic E-state index is 5.53. The van der Waals surface area contributed by atoms with Crippen molar-refractivity contribution in [1.82, 2.24) is 20.5 Å². The van der Waals surface area contributed by atoms with Gasteiger partial charge in [-0.05, 0) is 40.1 Å². The van der Waals surface area contributed by atoms with Gasteiger partial charge in [-0.3, -0.25) is 9.89 Å². The van der Waals surface area contributed by atoms with Crippen LogP contribution in [0.2, 0.25) is 0 Å². The van der Waals surface area contributed by atoms with Crippen molar-refractivity contribution in [3.05, 3.63) is 40.2 Å². The number of hydrogen-bond donors (Lipinski definition) is 2. The zero-order chi connectivity index (χ0) is 17.4. The minimum atomic E-state index is 0. The van der Waals surface area contributed by atoms with Crippen LogP contribution in [-0.2, 0) is 6.42 Å². The lowest BCUT2D eigenvalue weighted by atomic mass is 10.2. The first-order valence-corrected chi connectivity index (χ1v) is 9.05. The van der Waals surface area contributed by atoms with E-state index in [1.165, 1.54) is 4.88 Å². The van der Waals surface area contributed by atoms with Gasteiger partial charge in [0.2, 0.25) is 0 Å². The van der Waals surface area contributed by atoms with E-state index in [2.05, 4.69) is 34.4 Å². The summed E-state index contributed by atoms with van der Waals surface area (Å²) < 4.78 is 5.53. The molecule has 0 saturated carbocycles. The number of hydrogen-bond acceptors (Lipinski definition) is 5. The van der Waals surface area contributed by atoms with Crippen LogP contribution in [0, 0.1) is 6.92 Å². The number of aromatic nitrogens is 1. The number of thiazole rings is 1. The third-order valence-electron chi connectivity index (χ3n) is 3.56. The van der Waals surface area contributed by atoms with Crippen LogP contribution in [0.25, 0.3) is 0 Å². The average Bonchev–Trinajstić information content (AvgIpc) is 3.19. The molecule has 0 saturated heterocycles. The highest BCUT2D eigenvalue weighted by Crippen LogP contribution is 2.18. The molecule has 140 valence electrons. The van der Waals surface area contributed by atoms with Gasteiger partial charge >= 0.3 is 0 Å². The first kappa shape index (κ1) is 21.9. The highest BCUT2D eigenvalue weighted by Gasteiger charge is 2.16. The van der Waals surface area contributed by atoms with Crippen LogP contribution in [-0.4, -0.2) is 49.6 Å². The third-order valence-corrected chi connectivity index (χ3v) is 4.53. The van der Waals surface area contributed by atoms with E-state index in [-0.39, 0.29) is 30.0 Å². The Balaban J connectivity index is 0.00000312. The van der Waals surface area contributed by atoms with Crippen LogP contribution < -0.4 is 10.6 Å². The molecule has 0 amide bonds.